The summed E-state index contributed by atoms with van der Waals surface area (Å²) in [5.74, 6) is -0.0839. The fourth-order valence-electron chi connectivity index (χ4n) is 2.85. The van der Waals surface area contributed by atoms with Gasteiger partial charge in [-0.3, -0.25) is 0 Å². The maximum Gasteiger partial charge on any atom is 0.326 e. The Balaban J connectivity index is 2.11. The largest absolute Gasteiger partial charge is 0.480 e. The number of benzene rings is 2. The van der Waals surface area contributed by atoms with Crippen LogP contribution in [-0.2, 0) is 11.2 Å². The van der Waals surface area contributed by atoms with Crippen molar-refractivity contribution in [3.05, 3.63) is 59.9 Å². The second kappa shape index (κ2) is 6.12. The number of carboxylic acids is 1. The number of imidazole rings is 1. The molecular formula is C18H19N3O2. The number of nitrogen functional groups attached to an aromatic ring is 1. The first kappa shape index (κ1) is 15.1. The number of aromatic nitrogens is 2. The number of anilines is 1. The topological polar surface area (TPSA) is 81.1 Å². The van der Waals surface area contributed by atoms with Crippen LogP contribution in [0.2, 0.25) is 0 Å². The van der Waals surface area contributed by atoms with Crippen molar-refractivity contribution in [2.75, 3.05) is 5.73 Å². The third-order valence-electron chi connectivity index (χ3n) is 3.99. The third-order valence-corrected chi connectivity index (χ3v) is 3.99. The molecule has 1 heterocycles. The van der Waals surface area contributed by atoms with Gasteiger partial charge in [-0.05, 0) is 36.2 Å². The quantitative estimate of drug-likeness (QED) is 0.709. The Bertz CT molecular complexity index is 837. The molecule has 1 atom stereocenters. The molecule has 3 N–H and O–H groups in total. The Kier molecular flexibility index (Phi) is 4.02. The maximum atomic E-state index is 11.7. The van der Waals surface area contributed by atoms with Gasteiger partial charge in [-0.1, -0.05) is 31.2 Å². The van der Waals surface area contributed by atoms with E-state index in [-0.39, 0.29) is 0 Å². The molecule has 23 heavy (non-hydrogen) atoms. The highest BCUT2D eigenvalue weighted by Crippen LogP contribution is 2.25. The molecule has 0 saturated carbocycles. The Hall–Kier alpha value is -2.82. The number of nitrogens with two attached hydrogens (primary N) is 1. The first-order chi connectivity index (χ1) is 11.1. The van der Waals surface area contributed by atoms with Crippen LogP contribution in [0.15, 0.2) is 48.5 Å². The highest BCUT2D eigenvalue weighted by molar-refractivity contribution is 5.80. The molecule has 0 aliphatic carbocycles. The summed E-state index contributed by atoms with van der Waals surface area (Å²) in [5, 5.41) is 9.57. The van der Waals surface area contributed by atoms with Gasteiger partial charge in [0.15, 0.2) is 0 Å². The monoisotopic (exact) mass is 309 g/mol. The number of para-hydroxylation sites is 2. The van der Waals surface area contributed by atoms with E-state index in [9.17, 15) is 9.90 Å². The van der Waals surface area contributed by atoms with Crippen LogP contribution in [0, 0.1) is 0 Å². The van der Waals surface area contributed by atoms with Crippen LogP contribution < -0.4 is 5.73 Å². The molecule has 0 fully saturated rings. The Morgan fingerprint density at radius 3 is 2.57 bits per heavy atom. The van der Waals surface area contributed by atoms with Gasteiger partial charge in [0, 0.05) is 12.1 Å². The lowest BCUT2D eigenvalue weighted by atomic mass is 10.1. The van der Waals surface area contributed by atoms with Crippen LogP contribution in [0.1, 0.15) is 30.8 Å². The Morgan fingerprint density at radius 1 is 1.22 bits per heavy atom. The van der Waals surface area contributed by atoms with E-state index in [4.69, 9.17) is 5.73 Å². The van der Waals surface area contributed by atoms with Crippen LogP contribution in [0.3, 0.4) is 0 Å². The van der Waals surface area contributed by atoms with Gasteiger partial charge in [0.2, 0.25) is 0 Å². The van der Waals surface area contributed by atoms with Crippen LogP contribution in [0.25, 0.3) is 11.0 Å². The summed E-state index contributed by atoms with van der Waals surface area (Å²) in [7, 11) is 0. The highest BCUT2D eigenvalue weighted by Gasteiger charge is 2.23. The zero-order valence-electron chi connectivity index (χ0n) is 12.9. The van der Waals surface area contributed by atoms with Gasteiger partial charge in [0.1, 0.15) is 11.9 Å². The van der Waals surface area contributed by atoms with Gasteiger partial charge in [0.25, 0.3) is 0 Å². The van der Waals surface area contributed by atoms with Crippen molar-refractivity contribution >= 4 is 22.7 Å². The van der Waals surface area contributed by atoms with Gasteiger partial charge >= 0.3 is 5.97 Å². The number of carbonyl (C=O) groups is 1. The molecule has 118 valence electrons. The number of carboxylic acid groups (broad SMARTS) is 1. The molecule has 3 rings (SSSR count). The van der Waals surface area contributed by atoms with E-state index in [1.807, 2.05) is 60.0 Å². The lowest BCUT2D eigenvalue weighted by molar-refractivity contribution is -0.140. The first-order valence-electron chi connectivity index (χ1n) is 7.63. The van der Waals surface area contributed by atoms with E-state index < -0.39 is 12.0 Å². The van der Waals surface area contributed by atoms with E-state index in [0.717, 1.165) is 22.4 Å². The van der Waals surface area contributed by atoms with Gasteiger partial charge in [0.05, 0.1) is 11.0 Å². The SMILES string of the molecule is CCC(C(=O)O)n1c(Cc2ccc(N)cc2)nc2ccccc21. The standard InChI is InChI=1S/C18H19N3O2/c1-2-15(18(22)23)21-16-6-4-3-5-14(16)20-17(21)11-12-7-9-13(19)10-8-12/h3-10,15H,2,11,19H2,1H3,(H,22,23). The Labute approximate surface area is 134 Å². The molecule has 0 aliphatic heterocycles. The summed E-state index contributed by atoms with van der Waals surface area (Å²) in [6.45, 7) is 1.88. The second-order valence-electron chi connectivity index (χ2n) is 5.57. The number of hydrogen-bond donors (Lipinski definition) is 2. The predicted octanol–water partition coefficient (Wildman–Crippen LogP) is 3.25. The van der Waals surface area contributed by atoms with Gasteiger partial charge < -0.3 is 15.4 Å². The van der Waals surface area contributed by atoms with Crippen LogP contribution in [0.5, 0.6) is 0 Å². The molecule has 3 aromatic rings. The average Bonchev–Trinajstić information content (AvgIpc) is 2.88. The molecule has 5 heteroatoms. The van der Waals surface area contributed by atoms with E-state index in [2.05, 4.69) is 4.98 Å². The van der Waals surface area contributed by atoms with Crippen LogP contribution >= 0.6 is 0 Å². The lowest BCUT2D eigenvalue weighted by Gasteiger charge is -2.16. The van der Waals surface area contributed by atoms with Crippen LogP contribution in [-0.4, -0.2) is 20.6 Å². The van der Waals surface area contributed by atoms with Crippen molar-refractivity contribution in [1.29, 1.82) is 0 Å². The number of aliphatic carboxylic acids is 1. The Morgan fingerprint density at radius 2 is 1.91 bits per heavy atom. The van der Waals surface area contributed by atoms with Gasteiger partial charge in [-0.25, -0.2) is 9.78 Å². The number of fused-ring (bicyclic) bond motifs is 1. The molecule has 0 spiro atoms. The normalized spacial score (nSPS) is 12.4. The van der Waals surface area contributed by atoms with Crippen molar-refractivity contribution in [3.8, 4) is 0 Å². The molecule has 0 radical (unpaired) electrons. The number of hydrogen-bond acceptors (Lipinski definition) is 3. The fraction of sp³-hybridized carbons (Fsp3) is 0.222. The highest BCUT2D eigenvalue weighted by atomic mass is 16.4. The summed E-state index contributed by atoms with van der Waals surface area (Å²) in [6, 6.07) is 14.6. The average molecular weight is 309 g/mol. The summed E-state index contributed by atoms with van der Waals surface area (Å²) in [4.78, 5) is 16.3. The fourth-order valence-corrected chi connectivity index (χ4v) is 2.85. The molecule has 0 saturated heterocycles. The smallest absolute Gasteiger partial charge is 0.326 e. The zero-order chi connectivity index (χ0) is 16.4. The minimum Gasteiger partial charge on any atom is -0.480 e. The number of rotatable bonds is 5. The molecule has 5 nitrogen and oxygen atoms in total. The predicted molar refractivity (Wildman–Crippen MR) is 90.4 cm³/mol. The molecule has 0 amide bonds. The summed E-state index contributed by atoms with van der Waals surface area (Å²) >= 11 is 0. The van der Waals surface area contributed by atoms with Crippen molar-refractivity contribution in [2.24, 2.45) is 0 Å². The first-order valence-corrected chi connectivity index (χ1v) is 7.63. The minimum absolute atomic E-state index is 0.504. The van der Waals surface area contributed by atoms with Crippen molar-refractivity contribution < 1.29 is 9.90 Å². The molecule has 1 aromatic heterocycles. The minimum atomic E-state index is -0.839. The van der Waals surface area contributed by atoms with E-state index >= 15 is 0 Å². The molecule has 0 aliphatic rings. The molecular weight excluding hydrogens is 290 g/mol. The maximum absolute atomic E-state index is 11.7. The van der Waals surface area contributed by atoms with Gasteiger partial charge in [-0.2, -0.15) is 0 Å². The zero-order valence-corrected chi connectivity index (χ0v) is 12.9. The summed E-state index contributed by atoms with van der Waals surface area (Å²) in [5.41, 5.74) is 9.15. The van der Waals surface area contributed by atoms with Crippen molar-refractivity contribution in [3.63, 3.8) is 0 Å². The van der Waals surface area contributed by atoms with Crippen molar-refractivity contribution in [2.45, 2.75) is 25.8 Å². The summed E-state index contributed by atoms with van der Waals surface area (Å²) < 4.78 is 1.84. The molecule has 0 bridgehead atoms. The second-order valence-corrected chi connectivity index (χ2v) is 5.57. The lowest BCUT2D eigenvalue weighted by Crippen LogP contribution is -2.20. The molecule has 1 unspecified atom stereocenters. The van der Waals surface area contributed by atoms with Crippen LogP contribution in [0.4, 0.5) is 5.69 Å². The van der Waals surface area contributed by atoms with E-state index in [1.54, 1.807) is 0 Å². The third kappa shape index (κ3) is 2.90. The summed E-state index contributed by atoms with van der Waals surface area (Å²) in [6.07, 6.45) is 1.07. The van der Waals surface area contributed by atoms with E-state index in [1.165, 1.54) is 0 Å². The van der Waals surface area contributed by atoms with E-state index in [0.29, 0.717) is 18.5 Å². The van der Waals surface area contributed by atoms with Crippen molar-refractivity contribution in [1.82, 2.24) is 9.55 Å². The van der Waals surface area contributed by atoms with Gasteiger partial charge in [-0.15, -0.1) is 0 Å². The molecule has 2 aromatic carbocycles. The number of nitrogens with zero attached hydrogens (tertiary/aromatic N) is 2.